The van der Waals surface area contributed by atoms with Crippen LogP contribution in [-0.4, -0.2) is 47.5 Å². The number of thiocarbonyl (C=S) groups is 1. The smallest absolute Gasteiger partial charge is 0.137 e. The van der Waals surface area contributed by atoms with Crippen molar-refractivity contribution in [3.8, 4) is 0 Å². The molecule has 0 aliphatic carbocycles. The molecule has 3 nitrogen and oxygen atoms in total. The van der Waals surface area contributed by atoms with Crippen LogP contribution in [0, 0.1) is 5.82 Å². The van der Waals surface area contributed by atoms with Crippen LogP contribution in [0.3, 0.4) is 0 Å². The lowest BCUT2D eigenvalue weighted by atomic mass is 10.2. The Hall–Kier alpha value is -0.560. The van der Waals surface area contributed by atoms with Gasteiger partial charge in [0, 0.05) is 39.3 Å². The quantitative estimate of drug-likeness (QED) is 0.846. The van der Waals surface area contributed by atoms with E-state index in [4.69, 9.17) is 18.0 Å². The molecule has 1 fully saturated rings. The Morgan fingerprint density at radius 2 is 1.89 bits per heavy atom. The van der Waals surface area contributed by atoms with E-state index >= 15 is 0 Å². The fourth-order valence-corrected chi connectivity index (χ4v) is 2.81. The first-order valence-corrected chi connectivity index (χ1v) is 7.42. The van der Waals surface area contributed by atoms with Crippen LogP contribution in [0.4, 0.5) is 4.39 Å². The van der Waals surface area contributed by atoms with Gasteiger partial charge in [-0.15, -0.1) is 0 Å². The van der Waals surface area contributed by atoms with Crippen LogP contribution in [0.15, 0.2) is 22.7 Å². The van der Waals surface area contributed by atoms with Crippen molar-refractivity contribution in [1.29, 1.82) is 0 Å². The van der Waals surface area contributed by atoms with Gasteiger partial charge in [0.25, 0.3) is 0 Å². The Balaban J connectivity index is 1.89. The van der Waals surface area contributed by atoms with Gasteiger partial charge in [0.15, 0.2) is 0 Å². The molecule has 19 heavy (non-hydrogen) atoms. The zero-order chi connectivity index (χ0) is 13.8. The van der Waals surface area contributed by atoms with Gasteiger partial charge in [0.1, 0.15) is 5.82 Å². The van der Waals surface area contributed by atoms with Crippen LogP contribution in [-0.2, 0) is 6.54 Å². The van der Waals surface area contributed by atoms with Crippen molar-refractivity contribution in [1.82, 2.24) is 9.80 Å². The van der Waals surface area contributed by atoms with Crippen LogP contribution in [0.2, 0.25) is 0 Å². The highest BCUT2D eigenvalue weighted by Crippen LogP contribution is 2.22. The molecule has 0 aromatic heterocycles. The van der Waals surface area contributed by atoms with E-state index < -0.39 is 0 Å². The second-order valence-corrected chi connectivity index (χ2v) is 6.05. The number of rotatable bonds is 4. The number of halogens is 2. The van der Waals surface area contributed by atoms with Crippen molar-refractivity contribution in [2.75, 3.05) is 32.7 Å². The highest BCUT2D eigenvalue weighted by atomic mass is 79.9. The third-order valence-corrected chi connectivity index (χ3v) is 4.29. The maximum absolute atomic E-state index is 13.4. The molecule has 0 bridgehead atoms. The Morgan fingerprint density at radius 1 is 1.26 bits per heavy atom. The van der Waals surface area contributed by atoms with E-state index in [0.29, 0.717) is 16.0 Å². The summed E-state index contributed by atoms with van der Waals surface area (Å²) in [5.41, 5.74) is 6.54. The standard InChI is InChI=1S/C13H17BrFN3S/c14-13-10(2-1-3-11(13)15)8-17-4-6-18(7-5-17)9-12(16)19/h1-3H,4-9H2,(H2,16,19). The van der Waals surface area contributed by atoms with Gasteiger partial charge in [-0.1, -0.05) is 24.4 Å². The van der Waals surface area contributed by atoms with E-state index in [9.17, 15) is 4.39 Å². The van der Waals surface area contributed by atoms with Crippen LogP contribution < -0.4 is 5.73 Å². The average molecular weight is 346 g/mol. The molecular formula is C13H17BrFN3S. The zero-order valence-corrected chi connectivity index (χ0v) is 13.0. The summed E-state index contributed by atoms with van der Waals surface area (Å²) in [5, 5.41) is 0. The Morgan fingerprint density at radius 3 is 2.53 bits per heavy atom. The molecular weight excluding hydrogens is 329 g/mol. The summed E-state index contributed by atoms with van der Waals surface area (Å²) in [6.07, 6.45) is 0. The fourth-order valence-electron chi connectivity index (χ4n) is 2.24. The highest BCUT2D eigenvalue weighted by Gasteiger charge is 2.18. The van der Waals surface area contributed by atoms with Crippen molar-refractivity contribution < 1.29 is 4.39 Å². The van der Waals surface area contributed by atoms with Crippen molar-refractivity contribution in [2.24, 2.45) is 5.73 Å². The first-order chi connectivity index (χ1) is 9.06. The van der Waals surface area contributed by atoms with Crippen molar-refractivity contribution >= 4 is 33.1 Å². The number of hydrogen-bond acceptors (Lipinski definition) is 3. The number of benzene rings is 1. The molecule has 0 radical (unpaired) electrons. The van der Waals surface area contributed by atoms with Crippen LogP contribution in [0.25, 0.3) is 0 Å². The van der Waals surface area contributed by atoms with Crippen molar-refractivity contribution in [3.63, 3.8) is 0 Å². The largest absolute Gasteiger partial charge is 0.392 e. The third kappa shape index (κ3) is 4.21. The van der Waals surface area contributed by atoms with Crippen molar-refractivity contribution in [3.05, 3.63) is 34.1 Å². The predicted molar refractivity (Wildman–Crippen MR) is 82.6 cm³/mol. The zero-order valence-electron chi connectivity index (χ0n) is 10.6. The lowest BCUT2D eigenvalue weighted by Gasteiger charge is -2.34. The van der Waals surface area contributed by atoms with Gasteiger partial charge in [-0.25, -0.2) is 4.39 Å². The number of hydrogen-bond donors (Lipinski definition) is 1. The van der Waals surface area contributed by atoms with E-state index in [1.807, 2.05) is 6.07 Å². The molecule has 1 aromatic rings. The van der Waals surface area contributed by atoms with Gasteiger partial charge in [-0.2, -0.15) is 0 Å². The number of nitrogens with zero attached hydrogens (tertiary/aromatic N) is 2. The van der Waals surface area contributed by atoms with Crippen LogP contribution >= 0.6 is 28.1 Å². The summed E-state index contributed by atoms with van der Waals surface area (Å²) in [5.74, 6) is -0.204. The maximum atomic E-state index is 13.4. The Bertz CT molecular complexity index is 461. The normalized spacial score (nSPS) is 17.6. The summed E-state index contributed by atoms with van der Waals surface area (Å²) in [6, 6.07) is 5.17. The maximum Gasteiger partial charge on any atom is 0.137 e. The Kier molecular flexibility index (Phi) is 5.27. The minimum atomic E-state index is -0.204. The molecule has 1 saturated heterocycles. The summed E-state index contributed by atoms with van der Waals surface area (Å²) >= 11 is 8.22. The minimum absolute atomic E-state index is 0.204. The molecule has 104 valence electrons. The molecule has 0 amide bonds. The van der Waals surface area contributed by atoms with Gasteiger partial charge in [-0.3, -0.25) is 9.80 Å². The molecule has 0 atom stereocenters. The number of nitrogens with two attached hydrogens (primary N) is 1. The second kappa shape index (κ2) is 6.74. The third-order valence-electron chi connectivity index (χ3n) is 3.27. The highest BCUT2D eigenvalue weighted by molar-refractivity contribution is 9.10. The summed E-state index contributed by atoms with van der Waals surface area (Å²) < 4.78 is 14.0. The van der Waals surface area contributed by atoms with E-state index in [1.54, 1.807) is 6.07 Å². The van der Waals surface area contributed by atoms with Gasteiger partial charge >= 0.3 is 0 Å². The molecule has 1 aliphatic rings. The Labute approximate surface area is 126 Å². The second-order valence-electron chi connectivity index (χ2n) is 4.73. The van der Waals surface area contributed by atoms with Gasteiger partial charge in [-0.05, 0) is 27.6 Å². The number of piperazine rings is 1. The molecule has 1 aromatic carbocycles. The fraction of sp³-hybridized carbons (Fsp3) is 0.462. The van der Waals surface area contributed by atoms with Crippen LogP contribution in [0.1, 0.15) is 5.56 Å². The monoisotopic (exact) mass is 345 g/mol. The van der Waals surface area contributed by atoms with E-state index in [1.165, 1.54) is 6.07 Å². The van der Waals surface area contributed by atoms with E-state index in [0.717, 1.165) is 38.3 Å². The molecule has 1 heterocycles. The first kappa shape index (κ1) is 14.8. The lowest BCUT2D eigenvalue weighted by molar-refractivity contribution is 0.140. The summed E-state index contributed by atoms with van der Waals surface area (Å²) in [7, 11) is 0. The lowest BCUT2D eigenvalue weighted by Crippen LogP contribution is -2.48. The topological polar surface area (TPSA) is 32.5 Å². The molecule has 0 spiro atoms. The molecule has 2 N–H and O–H groups in total. The summed E-state index contributed by atoms with van der Waals surface area (Å²) in [4.78, 5) is 5.11. The summed E-state index contributed by atoms with van der Waals surface area (Å²) in [6.45, 7) is 5.25. The van der Waals surface area contributed by atoms with Gasteiger partial charge in [0.2, 0.25) is 0 Å². The van der Waals surface area contributed by atoms with Gasteiger partial charge in [0.05, 0.1) is 9.46 Å². The predicted octanol–water partition coefficient (Wildman–Crippen LogP) is 1.99. The molecule has 2 rings (SSSR count). The molecule has 0 unspecified atom stereocenters. The minimum Gasteiger partial charge on any atom is -0.392 e. The first-order valence-electron chi connectivity index (χ1n) is 6.22. The van der Waals surface area contributed by atoms with Crippen molar-refractivity contribution in [2.45, 2.75) is 6.54 Å². The van der Waals surface area contributed by atoms with E-state index in [2.05, 4.69) is 25.7 Å². The van der Waals surface area contributed by atoms with Crippen LogP contribution in [0.5, 0.6) is 0 Å². The van der Waals surface area contributed by atoms with E-state index in [-0.39, 0.29) is 5.82 Å². The van der Waals surface area contributed by atoms with Gasteiger partial charge < -0.3 is 5.73 Å². The molecule has 6 heteroatoms. The molecule has 1 aliphatic heterocycles. The molecule has 0 saturated carbocycles. The SMILES string of the molecule is NC(=S)CN1CCN(Cc2cccc(F)c2Br)CC1. The average Bonchev–Trinajstić information content (AvgIpc) is 2.37.